The second-order valence-electron chi connectivity index (χ2n) is 9.62. The van der Waals surface area contributed by atoms with Crippen LogP contribution >= 0.6 is 23.2 Å². The molecule has 5 rings (SSSR count). The number of carboxylic acids is 1. The van der Waals surface area contributed by atoms with E-state index in [0.29, 0.717) is 29.9 Å². The third-order valence-electron chi connectivity index (χ3n) is 6.83. The minimum atomic E-state index is -1.23. The highest BCUT2D eigenvalue weighted by molar-refractivity contribution is 6.40. The molecule has 0 radical (unpaired) electrons. The zero-order valence-corrected chi connectivity index (χ0v) is 23.1. The molecule has 210 valence electrons. The first-order valence-electron chi connectivity index (χ1n) is 12.8. The molecular formula is C29H25Cl2N5O5. The zero-order chi connectivity index (χ0) is 29.1. The van der Waals surface area contributed by atoms with Crippen LogP contribution in [-0.4, -0.2) is 43.3 Å². The monoisotopic (exact) mass is 593 g/mol. The van der Waals surface area contributed by atoms with Crippen molar-refractivity contribution in [2.24, 2.45) is 0 Å². The van der Waals surface area contributed by atoms with Gasteiger partial charge in [0, 0.05) is 18.5 Å². The van der Waals surface area contributed by atoms with Gasteiger partial charge in [0.25, 0.3) is 5.91 Å². The van der Waals surface area contributed by atoms with Gasteiger partial charge in [-0.25, -0.2) is 14.3 Å². The van der Waals surface area contributed by atoms with Gasteiger partial charge >= 0.3 is 11.7 Å². The summed E-state index contributed by atoms with van der Waals surface area (Å²) in [6, 6.07) is 18.6. The van der Waals surface area contributed by atoms with E-state index in [9.17, 15) is 24.3 Å². The van der Waals surface area contributed by atoms with Crippen LogP contribution in [-0.2, 0) is 29.0 Å². The van der Waals surface area contributed by atoms with Crippen molar-refractivity contribution in [2.75, 3.05) is 5.32 Å². The maximum atomic E-state index is 13.2. The number of nitrogens with zero attached hydrogens (tertiary/aromatic N) is 3. The Morgan fingerprint density at radius 1 is 0.951 bits per heavy atom. The van der Waals surface area contributed by atoms with Crippen LogP contribution in [0.25, 0.3) is 0 Å². The third-order valence-corrected chi connectivity index (χ3v) is 7.46. The van der Waals surface area contributed by atoms with E-state index >= 15 is 0 Å². The van der Waals surface area contributed by atoms with Crippen LogP contribution in [0.5, 0.6) is 0 Å². The molecule has 1 aromatic heterocycles. The second kappa shape index (κ2) is 12.0. The molecule has 0 bridgehead atoms. The summed E-state index contributed by atoms with van der Waals surface area (Å²) in [6.45, 7) is 0.271. The molecule has 4 aromatic rings. The number of aromatic nitrogens is 3. The van der Waals surface area contributed by atoms with Crippen molar-refractivity contribution in [2.45, 2.75) is 37.9 Å². The molecule has 10 nitrogen and oxygen atoms in total. The fourth-order valence-electron chi connectivity index (χ4n) is 4.79. The highest BCUT2D eigenvalue weighted by Crippen LogP contribution is 2.26. The van der Waals surface area contributed by atoms with E-state index in [1.54, 1.807) is 42.5 Å². The van der Waals surface area contributed by atoms with Gasteiger partial charge in [0.15, 0.2) is 0 Å². The molecule has 1 aliphatic heterocycles. The largest absolute Gasteiger partial charge is 0.480 e. The fraction of sp³-hybridized carbons (Fsp3) is 0.207. The van der Waals surface area contributed by atoms with Crippen LogP contribution in [0.15, 0.2) is 77.6 Å². The number of carbonyl (C=O) groups excluding carboxylic acids is 2. The van der Waals surface area contributed by atoms with Crippen molar-refractivity contribution >= 4 is 46.7 Å². The van der Waals surface area contributed by atoms with Gasteiger partial charge in [-0.3, -0.25) is 14.2 Å². The van der Waals surface area contributed by atoms with Crippen LogP contribution < -0.4 is 16.3 Å². The summed E-state index contributed by atoms with van der Waals surface area (Å²) >= 11 is 12.2. The molecule has 0 saturated heterocycles. The fourth-order valence-corrected chi connectivity index (χ4v) is 5.36. The molecule has 3 aromatic carbocycles. The second-order valence-corrected chi connectivity index (χ2v) is 10.4. The molecule has 2 unspecified atom stereocenters. The zero-order valence-electron chi connectivity index (χ0n) is 21.6. The van der Waals surface area contributed by atoms with Crippen LogP contribution in [0.3, 0.4) is 0 Å². The maximum absolute atomic E-state index is 13.2. The summed E-state index contributed by atoms with van der Waals surface area (Å²) < 4.78 is 2.67. The average molecular weight is 594 g/mol. The molecule has 1 aliphatic rings. The number of carbonyl (C=O) groups is 3. The Hall–Kier alpha value is -4.41. The molecule has 0 saturated carbocycles. The molecule has 41 heavy (non-hydrogen) atoms. The van der Waals surface area contributed by atoms with E-state index in [1.807, 2.05) is 30.3 Å². The van der Waals surface area contributed by atoms with Crippen molar-refractivity contribution < 1.29 is 19.5 Å². The average Bonchev–Trinajstić information content (AvgIpc) is 3.49. The van der Waals surface area contributed by atoms with Crippen LogP contribution in [0.4, 0.5) is 5.69 Å². The number of amides is 2. The van der Waals surface area contributed by atoms with Gasteiger partial charge in [-0.1, -0.05) is 71.7 Å². The summed E-state index contributed by atoms with van der Waals surface area (Å²) in [5.41, 5.74) is 1.71. The smallest absolute Gasteiger partial charge is 0.346 e. The number of hydrogen-bond donors (Lipinski definition) is 3. The highest BCUT2D eigenvalue weighted by Gasteiger charge is 2.35. The van der Waals surface area contributed by atoms with Crippen molar-refractivity contribution in [3.05, 3.63) is 116 Å². The molecule has 3 N–H and O–H groups in total. The number of nitrogens with one attached hydrogen (secondary N) is 2. The van der Waals surface area contributed by atoms with E-state index in [4.69, 9.17) is 23.2 Å². The summed E-state index contributed by atoms with van der Waals surface area (Å²) in [5.74, 6) is -1.76. The van der Waals surface area contributed by atoms with Gasteiger partial charge < -0.3 is 15.7 Å². The summed E-state index contributed by atoms with van der Waals surface area (Å²) in [4.78, 5) is 50.9. The number of carboxylic acid groups (broad SMARTS) is 1. The molecule has 2 heterocycles. The lowest BCUT2D eigenvalue weighted by molar-refractivity contribution is -0.142. The van der Waals surface area contributed by atoms with Gasteiger partial charge in [-0.15, -0.1) is 0 Å². The first kappa shape index (κ1) is 28.1. The number of hydrogen-bond acceptors (Lipinski definition) is 5. The normalized spacial score (nSPS) is 14.7. The van der Waals surface area contributed by atoms with Crippen LogP contribution in [0.1, 0.15) is 39.8 Å². The molecular weight excluding hydrogens is 569 g/mol. The SMILES string of the molecule is O=C(Nc1ccc(CC(NC(=O)C2CCc3nn(Cc4ccccc4)c(=O)n32)C(=O)O)cc1)c1c(Cl)cccc1Cl. The van der Waals surface area contributed by atoms with Gasteiger partial charge in [0.1, 0.15) is 17.9 Å². The lowest BCUT2D eigenvalue weighted by Gasteiger charge is -2.18. The molecule has 0 fully saturated rings. The number of anilines is 1. The van der Waals surface area contributed by atoms with Crippen molar-refractivity contribution in [3.8, 4) is 0 Å². The van der Waals surface area contributed by atoms with Crippen molar-refractivity contribution in [1.29, 1.82) is 0 Å². The Morgan fingerprint density at radius 2 is 1.63 bits per heavy atom. The molecule has 2 amide bonds. The number of benzene rings is 3. The van der Waals surface area contributed by atoms with E-state index in [1.165, 1.54) is 9.25 Å². The Morgan fingerprint density at radius 3 is 2.29 bits per heavy atom. The van der Waals surface area contributed by atoms with Gasteiger partial charge in [0.05, 0.1) is 22.2 Å². The maximum Gasteiger partial charge on any atom is 0.346 e. The first-order valence-corrected chi connectivity index (χ1v) is 13.6. The highest BCUT2D eigenvalue weighted by atomic mass is 35.5. The molecule has 0 aliphatic carbocycles. The lowest BCUT2D eigenvalue weighted by atomic mass is 10.0. The number of halogens is 2. The number of rotatable bonds is 9. The van der Waals surface area contributed by atoms with Gasteiger partial charge in [0.2, 0.25) is 5.91 Å². The quantitative estimate of drug-likeness (QED) is 0.269. The minimum absolute atomic E-state index is 0.00656. The topological polar surface area (TPSA) is 135 Å². The van der Waals surface area contributed by atoms with E-state index in [-0.39, 0.29) is 28.6 Å². The standard InChI is InChI=1S/C29H25Cl2N5O5/c30-20-7-4-8-21(31)25(20)27(38)32-19-11-9-17(10-12-19)15-22(28(39)40)33-26(37)23-13-14-24-34-35(29(41)36(23)24)16-18-5-2-1-3-6-18/h1-12,22-23H,13-16H2,(H,32,38)(H,33,37)(H,39,40). The molecule has 12 heteroatoms. The number of aliphatic carboxylic acids is 1. The summed E-state index contributed by atoms with van der Waals surface area (Å²) in [5, 5.41) is 19.9. The van der Waals surface area contributed by atoms with E-state index < -0.39 is 35.6 Å². The minimum Gasteiger partial charge on any atom is -0.480 e. The Balaban J connectivity index is 1.24. The van der Waals surface area contributed by atoms with Crippen LogP contribution in [0.2, 0.25) is 10.0 Å². The van der Waals surface area contributed by atoms with Crippen LogP contribution in [0, 0.1) is 0 Å². The van der Waals surface area contributed by atoms with E-state index in [2.05, 4.69) is 15.7 Å². The number of aryl methyl sites for hydroxylation is 1. The Bertz CT molecular complexity index is 1650. The predicted molar refractivity (Wildman–Crippen MR) is 154 cm³/mol. The predicted octanol–water partition coefficient (Wildman–Crippen LogP) is 3.95. The van der Waals surface area contributed by atoms with Crippen molar-refractivity contribution in [3.63, 3.8) is 0 Å². The third kappa shape index (κ3) is 6.18. The summed E-state index contributed by atoms with van der Waals surface area (Å²) in [6.07, 6.45) is 0.776. The van der Waals surface area contributed by atoms with E-state index in [0.717, 1.165) is 5.56 Å². The summed E-state index contributed by atoms with van der Waals surface area (Å²) in [7, 11) is 0. The number of fused-ring (bicyclic) bond motifs is 1. The van der Waals surface area contributed by atoms with Crippen molar-refractivity contribution in [1.82, 2.24) is 19.7 Å². The lowest BCUT2D eigenvalue weighted by Crippen LogP contribution is -2.46. The molecule has 0 spiro atoms. The van der Waals surface area contributed by atoms with Gasteiger partial charge in [-0.2, -0.15) is 5.10 Å². The first-order chi connectivity index (χ1) is 19.7. The Kier molecular flexibility index (Phi) is 8.23. The Labute approximate surface area is 244 Å². The molecule has 2 atom stereocenters. The van der Waals surface area contributed by atoms with Gasteiger partial charge in [-0.05, 0) is 41.8 Å².